The molecule has 0 saturated carbocycles. The van der Waals surface area contributed by atoms with Gasteiger partial charge >= 0.3 is 0 Å². The number of amides is 1. The van der Waals surface area contributed by atoms with Crippen LogP contribution in [0.2, 0.25) is 0 Å². The van der Waals surface area contributed by atoms with Crippen molar-refractivity contribution in [3.05, 3.63) is 35.1 Å². The molecule has 1 aliphatic heterocycles. The Morgan fingerprint density at radius 1 is 1.33 bits per heavy atom. The monoisotopic (exact) mass is 258 g/mol. The van der Waals surface area contributed by atoms with Crippen molar-refractivity contribution >= 4 is 5.91 Å². The Morgan fingerprint density at radius 3 is 2.56 bits per heavy atom. The Morgan fingerprint density at radius 2 is 2.00 bits per heavy atom. The first-order valence-electron chi connectivity index (χ1n) is 5.74. The summed E-state index contributed by atoms with van der Waals surface area (Å²) >= 11 is 0. The molecule has 0 spiro atoms. The minimum Gasteiger partial charge on any atom is -0.350 e. The molecule has 1 unspecified atom stereocenters. The van der Waals surface area contributed by atoms with Crippen LogP contribution in [0.1, 0.15) is 23.2 Å². The lowest BCUT2D eigenvalue weighted by atomic mass is 10.1. The molecule has 1 aromatic carbocycles. The molecule has 6 heteroatoms. The van der Waals surface area contributed by atoms with Gasteiger partial charge in [-0.2, -0.15) is 0 Å². The van der Waals surface area contributed by atoms with Gasteiger partial charge < -0.3 is 10.6 Å². The predicted molar refractivity (Wildman–Crippen MR) is 59.7 cm³/mol. The predicted octanol–water partition coefficient (Wildman–Crippen LogP) is 1.59. The maximum atomic E-state index is 12.9. The summed E-state index contributed by atoms with van der Waals surface area (Å²) in [6.45, 7) is 1.29. The van der Waals surface area contributed by atoms with Gasteiger partial charge in [0.1, 0.15) is 0 Å². The number of carbonyl (C=O) groups excluding carboxylic acids is 1. The lowest BCUT2D eigenvalue weighted by Crippen LogP contribution is -2.37. The number of hydrogen-bond acceptors (Lipinski definition) is 2. The van der Waals surface area contributed by atoms with Crippen molar-refractivity contribution in [2.75, 3.05) is 13.1 Å². The van der Waals surface area contributed by atoms with E-state index in [0.717, 1.165) is 19.4 Å². The van der Waals surface area contributed by atoms with Crippen LogP contribution >= 0.6 is 0 Å². The quantitative estimate of drug-likeness (QED) is 0.808. The number of rotatable bonds is 3. The Balaban J connectivity index is 2.00. The lowest BCUT2D eigenvalue weighted by molar-refractivity contribution is 0.0949. The molecule has 0 aromatic heterocycles. The van der Waals surface area contributed by atoms with E-state index in [1.165, 1.54) is 0 Å². The summed E-state index contributed by atoms with van der Waals surface area (Å²) in [5.74, 6) is -4.90. The van der Waals surface area contributed by atoms with Crippen LogP contribution in [0.25, 0.3) is 0 Å². The van der Waals surface area contributed by atoms with Crippen molar-refractivity contribution in [3.8, 4) is 0 Å². The van der Waals surface area contributed by atoms with E-state index in [-0.39, 0.29) is 11.6 Å². The van der Waals surface area contributed by atoms with Crippen molar-refractivity contribution in [2.45, 2.75) is 18.9 Å². The van der Waals surface area contributed by atoms with Crippen molar-refractivity contribution in [3.63, 3.8) is 0 Å². The van der Waals surface area contributed by atoms with Gasteiger partial charge in [-0.25, -0.2) is 13.2 Å². The number of benzene rings is 1. The summed E-state index contributed by atoms with van der Waals surface area (Å²) in [6, 6.07) is 1.56. The molecule has 1 aliphatic rings. The fraction of sp³-hybridized carbons (Fsp3) is 0.417. The van der Waals surface area contributed by atoms with Gasteiger partial charge in [-0.3, -0.25) is 4.79 Å². The molecule has 1 aromatic rings. The topological polar surface area (TPSA) is 41.1 Å². The van der Waals surface area contributed by atoms with E-state index in [0.29, 0.717) is 18.7 Å². The van der Waals surface area contributed by atoms with E-state index in [2.05, 4.69) is 10.6 Å². The summed E-state index contributed by atoms with van der Waals surface area (Å²) in [5, 5.41) is 5.73. The molecule has 2 rings (SSSR count). The molecule has 1 atom stereocenters. The molecule has 0 bridgehead atoms. The number of hydrogen-bond donors (Lipinski definition) is 2. The molecule has 0 aliphatic carbocycles. The Labute approximate surface area is 102 Å². The van der Waals surface area contributed by atoms with E-state index >= 15 is 0 Å². The van der Waals surface area contributed by atoms with E-state index in [1.807, 2.05) is 0 Å². The van der Waals surface area contributed by atoms with Crippen molar-refractivity contribution in [1.29, 1.82) is 0 Å². The summed E-state index contributed by atoms with van der Waals surface area (Å²) in [4.78, 5) is 11.6. The number of nitrogens with one attached hydrogen (secondary N) is 2. The van der Waals surface area contributed by atoms with Gasteiger partial charge in [0.2, 0.25) is 0 Å². The third kappa shape index (κ3) is 2.81. The lowest BCUT2D eigenvalue weighted by Gasteiger charge is -2.11. The molecule has 1 amide bonds. The Bertz CT molecular complexity index is 436. The van der Waals surface area contributed by atoms with Gasteiger partial charge in [0.15, 0.2) is 17.5 Å². The number of carbonyl (C=O) groups is 1. The molecule has 2 N–H and O–H groups in total. The molecule has 98 valence electrons. The van der Waals surface area contributed by atoms with Gasteiger partial charge in [0, 0.05) is 18.2 Å². The first-order chi connectivity index (χ1) is 8.58. The van der Waals surface area contributed by atoms with Gasteiger partial charge in [0.25, 0.3) is 5.91 Å². The third-order valence-electron chi connectivity index (χ3n) is 2.92. The molecular weight excluding hydrogens is 245 g/mol. The van der Waals surface area contributed by atoms with Crippen molar-refractivity contribution in [1.82, 2.24) is 10.6 Å². The van der Waals surface area contributed by atoms with Gasteiger partial charge in [-0.1, -0.05) is 0 Å². The van der Waals surface area contributed by atoms with Crippen LogP contribution in [0, 0.1) is 17.5 Å². The molecule has 18 heavy (non-hydrogen) atoms. The fourth-order valence-electron chi connectivity index (χ4n) is 1.94. The maximum absolute atomic E-state index is 12.9. The molecular formula is C12H13F3N2O. The van der Waals surface area contributed by atoms with Gasteiger partial charge in [-0.05, 0) is 31.5 Å². The normalized spacial score (nSPS) is 18.9. The van der Waals surface area contributed by atoms with E-state index in [4.69, 9.17) is 0 Å². The highest BCUT2D eigenvalue weighted by atomic mass is 19.2. The Kier molecular flexibility index (Phi) is 3.86. The average Bonchev–Trinajstić information content (AvgIpc) is 2.85. The van der Waals surface area contributed by atoms with E-state index in [9.17, 15) is 18.0 Å². The maximum Gasteiger partial charge on any atom is 0.251 e. The highest BCUT2D eigenvalue weighted by molar-refractivity contribution is 5.94. The molecule has 1 heterocycles. The van der Waals surface area contributed by atoms with Gasteiger partial charge in [-0.15, -0.1) is 0 Å². The van der Waals surface area contributed by atoms with Crippen LogP contribution in [0.4, 0.5) is 13.2 Å². The SMILES string of the molecule is O=C(NCC1CCCN1)c1cc(F)c(F)c(F)c1. The molecule has 1 fully saturated rings. The average molecular weight is 258 g/mol. The second kappa shape index (κ2) is 5.39. The van der Waals surface area contributed by atoms with Crippen LogP contribution in [0.5, 0.6) is 0 Å². The van der Waals surface area contributed by atoms with Crippen LogP contribution in [0.3, 0.4) is 0 Å². The van der Waals surface area contributed by atoms with Crippen LogP contribution in [-0.2, 0) is 0 Å². The standard InChI is InChI=1S/C12H13F3N2O/c13-9-4-7(5-10(14)11(9)15)12(18)17-6-8-2-1-3-16-8/h4-5,8,16H,1-3,6H2,(H,17,18). The van der Waals surface area contributed by atoms with Gasteiger partial charge in [0.05, 0.1) is 0 Å². The van der Waals surface area contributed by atoms with Crippen LogP contribution < -0.4 is 10.6 Å². The van der Waals surface area contributed by atoms with E-state index < -0.39 is 23.4 Å². The summed E-state index contributed by atoms with van der Waals surface area (Å²) in [5.41, 5.74) is -0.218. The summed E-state index contributed by atoms with van der Waals surface area (Å²) in [7, 11) is 0. The molecule has 0 radical (unpaired) electrons. The molecule has 1 saturated heterocycles. The van der Waals surface area contributed by atoms with Crippen LogP contribution in [-0.4, -0.2) is 25.0 Å². The Hall–Kier alpha value is -1.56. The second-order valence-corrected chi connectivity index (χ2v) is 4.26. The van der Waals surface area contributed by atoms with Crippen LogP contribution in [0.15, 0.2) is 12.1 Å². The second-order valence-electron chi connectivity index (χ2n) is 4.26. The first-order valence-corrected chi connectivity index (χ1v) is 5.74. The fourth-order valence-corrected chi connectivity index (χ4v) is 1.94. The van der Waals surface area contributed by atoms with E-state index in [1.54, 1.807) is 0 Å². The summed E-state index contributed by atoms with van der Waals surface area (Å²) in [6.07, 6.45) is 1.99. The van der Waals surface area contributed by atoms with Crippen molar-refractivity contribution < 1.29 is 18.0 Å². The molecule has 3 nitrogen and oxygen atoms in total. The smallest absolute Gasteiger partial charge is 0.251 e. The minimum atomic E-state index is -1.57. The zero-order valence-corrected chi connectivity index (χ0v) is 9.60. The first kappa shape index (κ1) is 12.9. The largest absolute Gasteiger partial charge is 0.350 e. The van der Waals surface area contributed by atoms with Crippen molar-refractivity contribution in [2.24, 2.45) is 0 Å². The number of halogens is 3. The minimum absolute atomic E-state index is 0.184. The highest BCUT2D eigenvalue weighted by Gasteiger charge is 2.17. The third-order valence-corrected chi connectivity index (χ3v) is 2.92. The zero-order chi connectivity index (χ0) is 13.1. The summed E-state index contributed by atoms with van der Waals surface area (Å²) < 4.78 is 38.6. The highest BCUT2D eigenvalue weighted by Crippen LogP contribution is 2.13. The zero-order valence-electron chi connectivity index (χ0n) is 9.60.